The number of amidine groups is 1. The molecule has 1 amide bonds. The van der Waals surface area contributed by atoms with Gasteiger partial charge in [-0.05, 0) is 60.5 Å². The average Bonchev–Trinajstić information content (AvgIpc) is 3.14. The zero-order valence-corrected chi connectivity index (χ0v) is 27.6. The van der Waals surface area contributed by atoms with E-state index in [4.69, 9.17) is 34.8 Å². The lowest BCUT2D eigenvalue weighted by Crippen LogP contribution is -2.34. The number of amides is 1. The zero-order chi connectivity index (χ0) is 35.7. The number of hydrogen-bond donors (Lipinski definition) is 5. The fraction of sp³-hybridized carbons (Fsp3) is 0.222. The van der Waals surface area contributed by atoms with E-state index in [-0.39, 0.29) is 84.5 Å². The van der Waals surface area contributed by atoms with Crippen molar-refractivity contribution in [2.75, 3.05) is 25.1 Å². The molecule has 4 aromatic rings. The van der Waals surface area contributed by atoms with Crippen LogP contribution in [0, 0.1) is 5.41 Å². The minimum absolute atomic E-state index is 0.0114. The molecule has 2 aliphatic rings. The summed E-state index contributed by atoms with van der Waals surface area (Å²) in [4.78, 5) is 46.6. The first-order chi connectivity index (χ1) is 24.7. The number of nitrogen functional groups attached to an aromatic ring is 1. The maximum Gasteiger partial charge on any atom is 0.342 e. The van der Waals surface area contributed by atoms with Crippen LogP contribution >= 0.6 is 0 Å². The van der Waals surface area contributed by atoms with Crippen LogP contribution in [0.1, 0.15) is 52.1 Å². The van der Waals surface area contributed by atoms with Gasteiger partial charge in [-0.1, -0.05) is 48.5 Å². The molecule has 3 heterocycles. The van der Waals surface area contributed by atoms with Gasteiger partial charge < -0.3 is 40.1 Å². The maximum atomic E-state index is 13.2. The van der Waals surface area contributed by atoms with Crippen LogP contribution in [-0.4, -0.2) is 53.4 Å². The smallest absolute Gasteiger partial charge is 0.342 e. The van der Waals surface area contributed by atoms with Crippen LogP contribution in [0.2, 0.25) is 0 Å². The van der Waals surface area contributed by atoms with Crippen LogP contribution in [0.15, 0.2) is 79.0 Å². The first-order valence-corrected chi connectivity index (χ1v) is 16.1. The topological polar surface area (TPSA) is 209 Å². The highest BCUT2D eigenvalue weighted by Crippen LogP contribution is 2.40. The summed E-state index contributed by atoms with van der Waals surface area (Å²) >= 11 is 0. The molecule has 6 N–H and O–H groups in total. The number of nitrogens with one attached hydrogen (secondary N) is 4. The minimum Gasteiger partial charge on any atom is -0.466 e. The molecule has 1 unspecified atom stereocenters. The Kier molecular flexibility index (Phi) is 10.7. The summed E-state index contributed by atoms with van der Waals surface area (Å²) in [5.41, 5.74) is 8.49. The predicted molar refractivity (Wildman–Crippen MR) is 184 cm³/mol. The number of aryl methyl sites for hydroxylation is 1. The van der Waals surface area contributed by atoms with Crippen LogP contribution in [-0.2, 0) is 32.1 Å². The molecule has 2 aliphatic heterocycles. The molecule has 1 aromatic heterocycles. The van der Waals surface area contributed by atoms with E-state index in [0.717, 1.165) is 16.7 Å². The number of hydrogen-bond acceptors (Lipinski definition) is 13. The molecular formula is C36H35N7O8. The second-order valence-electron chi connectivity index (χ2n) is 11.3. The normalized spacial score (nSPS) is 14.6. The van der Waals surface area contributed by atoms with Gasteiger partial charge in [0.15, 0.2) is 12.3 Å². The number of ether oxygens (including phenoxy) is 5. The molecule has 0 bridgehead atoms. The molecule has 1 atom stereocenters. The molecule has 51 heavy (non-hydrogen) atoms. The van der Waals surface area contributed by atoms with Gasteiger partial charge in [0.1, 0.15) is 35.7 Å². The van der Waals surface area contributed by atoms with E-state index in [9.17, 15) is 14.4 Å². The Labute approximate surface area is 292 Å². The molecule has 15 nitrogen and oxygen atoms in total. The predicted octanol–water partition coefficient (Wildman–Crippen LogP) is 4.23. The molecule has 0 saturated heterocycles. The van der Waals surface area contributed by atoms with Crippen LogP contribution in [0.5, 0.6) is 29.3 Å². The molecular weight excluding hydrogens is 658 g/mol. The van der Waals surface area contributed by atoms with Crippen molar-refractivity contribution in [2.24, 2.45) is 5.73 Å². The molecule has 15 heteroatoms. The number of rotatable bonds is 13. The van der Waals surface area contributed by atoms with Crippen LogP contribution < -0.4 is 35.9 Å². The van der Waals surface area contributed by atoms with E-state index >= 15 is 0 Å². The van der Waals surface area contributed by atoms with Crippen LogP contribution in [0.4, 0.5) is 5.69 Å². The highest BCUT2D eigenvalue weighted by molar-refractivity contribution is 5.99. The SMILES string of the molecule is CCOC(=O)CCc1cc(Oc2nc(Oc3cc(C(=N)N)ccc3C(=O)OCc3ccccc3)nc3c2NC(=O)CO3)cc(C2NC=CCN2)c1. The summed E-state index contributed by atoms with van der Waals surface area (Å²) < 4.78 is 28.6. The van der Waals surface area contributed by atoms with Gasteiger partial charge in [0, 0.05) is 18.5 Å². The molecule has 0 aliphatic carbocycles. The van der Waals surface area contributed by atoms with Gasteiger partial charge in [0.2, 0.25) is 5.88 Å². The van der Waals surface area contributed by atoms with Crippen molar-refractivity contribution < 1.29 is 38.1 Å². The summed E-state index contributed by atoms with van der Waals surface area (Å²) in [6, 6.07) is 18.7. The number of aromatic nitrogens is 2. The van der Waals surface area contributed by atoms with Gasteiger partial charge in [0.25, 0.3) is 11.8 Å². The van der Waals surface area contributed by atoms with Crippen molar-refractivity contribution in [2.45, 2.75) is 32.5 Å². The lowest BCUT2D eigenvalue weighted by Gasteiger charge is -2.24. The van der Waals surface area contributed by atoms with E-state index in [1.54, 1.807) is 19.1 Å². The third kappa shape index (κ3) is 8.76. The van der Waals surface area contributed by atoms with E-state index in [2.05, 4.69) is 25.9 Å². The van der Waals surface area contributed by atoms with E-state index in [1.807, 2.05) is 48.7 Å². The van der Waals surface area contributed by atoms with E-state index < -0.39 is 11.9 Å². The average molecular weight is 694 g/mol. The highest BCUT2D eigenvalue weighted by Gasteiger charge is 2.27. The van der Waals surface area contributed by atoms with Crippen LogP contribution in [0.25, 0.3) is 0 Å². The Hall–Kier alpha value is -6.48. The fourth-order valence-corrected chi connectivity index (χ4v) is 5.21. The number of carbonyl (C=O) groups excluding carboxylic acids is 3. The molecule has 0 saturated carbocycles. The summed E-state index contributed by atoms with van der Waals surface area (Å²) in [6.07, 6.45) is 4.06. The second kappa shape index (κ2) is 15.8. The number of nitrogens with two attached hydrogens (primary N) is 1. The molecule has 0 spiro atoms. The quantitative estimate of drug-likeness (QED) is 0.0755. The second-order valence-corrected chi connectivity index (χ2v) is 11.3. The molecule has 6 rings (SSSR count). The number of carbonyl (C=O) groups is 3. The van der Waals surface area contributed by atoms with Gasteiger partial charge in [-0.15, -0.1) is 0 Å². The third-order valence-corrected chi connectivity index (χ3v) is 7.63. The number of esters is 2. The fourth-order valence-electron chi connectivity index (χ4n) is 5.21. The summed E-state index contributed by atoms with van der Waals surface area (Å²) in [7, 11) is 0. The molecule has 0 radical (unpaired) electrons. The van der Waals surface area contributed by atoms with E-state index in [1.165, 1.54) is 18.2 Å². The number of benzene rings is 3. The largest absolute Gasteiger partial charge is 0.466 e. The van der Waals surface area contributed by atoms with Gasteiger partial charge in [-0.3, -0.25) is 20.3 Å². The number of nitrogens with zero attached hydrogens (tertiary/aromatic N) is 2. The molecule has 0 fully saturated rings. The summed E-state index contributed by atoms with van der Waals surface area (Å²) in [5, 5.41) is 17.2. The zero-order valence-electron chi connectivity index (χ0n) is 27.6. The standard InChI is InChI=1S/C36H35N7O8/c1-2-47-29(45)12-9-22-15-24(32-39-13-6-14-40-32)17-25(16-22)50-34-30-33(48-20-28(44)41-30)42-36(43-34)51-27-18-23(31(37)38)10-11-26(27)35(46)49-19-21-7-4-3-5-8-21/h3-8,10-11,13,15-18,32,39-40H,2,9,12,14,19-20H2,1H3,(H3,37,38)(H,41,44). The molecule has 262 valence electrons. The third-order valence-electron chi connectivity index (χ3n) is 7.63. The minimum atomic E-state index is -0.700. The van der Waals surface area contributed by atoms with Gasteiger partial charge in [-0.25, -0.2) is 4.79 Å². The van der Waals surface area contributed by atoms with Crippen molar-refractivity contribution in [3.8, 4) is 29.3 Å². The van der Waals surface area contributed by atoms with Crippen molar-refractivity contribution in [3.05, 3.63) is 107 Å². The summed E-state index contributed by atoms with van der Waals surface area (Å²) in [6.45, 7) is 2.36. The first kappa shape index (κ1) is 34.4. The van der Waals surface area contributed by atoms with Crippen molar-refractivity contribution in [3.63, 3.8) is 0 Å². The highest BCUT2D eigenvalue weighted by atomic mass is 16.5. The Morgan fingerprint density at radius 2 is 1.86 bits per heavy atom. The lowest BCUT2D eigenvalue weighted by atomic mass is 10.0. The molecule has 3 aromatic carbocycles. The van der Waals surface area contributed by atoms with Gasteiger partial charge >= 0.3 is 17.9 Å². The Balaban J connectivity index is 1.34. The maximum absolute atomic E-state index is 13.2. The van der Waals surface area contributed by atoms with E-state index in [0.29, 0.717) is 18.7 Å². The Bertz CT molecular complexity index is 1990. The van der Waals surface area contributed by atoms with Crippen molar-refractivity contribution in [1.82, 2.24) is 20.6 Å². The number of fused-ring (bicyclic) bond motifs is 1. The van der Waals surface area contributed by atoms with Crippen molar-refractivity contribution >= 4 is 29.4 Å². The Morgan fingerprint density at radius 1 is 1.02 bits per heavy atom. The monoisotopic (exact) mass is 693 g/mol. The lowest BCUT2D eigenvalue weighted by molar-refractivity contribution is -0.143. The Morgan fingerprint density at radius 3 is 2.63 bits per heavy atom. The first-order valence-electron chi connectivity index (χ1n) is 16.1. The summed E-state index contributed by atoms with van der Waals surface area (Å²) in [5.74, 6) is -1.60. The van der Waals surface area contributed by atoms with Crippen LogP contribution in [0.3, 0.4) is 0 Å². The number of anilines is 1. The van der Waals surface area contributed by atoms with Gasteiger partial charge in [-0.2, -0.15) is 9.97 Å². The van der Waals surface area contributed by atoms with Crippen molar-refractivity contribution in [1.29, 1.82) is 5.41 Å². The van der Waals surface area contributed by atoms with Gasteiger partial charge in [0.05, 0.1) is 6.61 Å².